The van der Waals surface area contributed by atoms with Crippen LogP contribution in [-0.2, 0) is 11.8 Å². The standard InChI is InChI=1S/C18H21N3O3/c1-21-11-15(13-8-4-5-9-14(13)18(21)24)17(23)19-10-16(22)20-12-6-2-3-7-12/h4-5,8-9,11-12H,2-3,6-7,10H2,1H3,(H,19,23)(H,20,22). The van der Waals surface area contributed by atoms with Crippen LogP contribution < -0.4 is 16.2 Å². The second-order valence-corrected chi connectivity index (χ2v) is 6.24. The number of carbonyl (C=O) groups is 2. The van der Waals surface area contributed by atoms with Crippen LogP contribution in [0.5, 0.6) is 0 Å². The summed E-state index contributed by atoms with van der Waals surface area (Å²) in [6, 6.07) is 7.21. The number of amides is 2. The van der Waals surface area contributed by atoms with E-state index in [0.29, 0.717) is 16.3 Å². The van der Waals surface area contributed by atoms with E-state index in [1.54, 1.807) is 31.3 Å². The number of hydrogen-bond donors (Lipinski definition) is 2. The lowest BCUT2D eigenvalue weighted by Gasteiger charge is -2.13. The first-order valence-electron chi connectivity index (χ1n) is 8.22. The second-order valence-electron chi connectivity index (χ2n) is 6.24. The summed E-state index contributed by atoms with van der Waals surface area (Å²) in [5.41, 5.74) is 0.238. The SMILES string of the molecule is Cn1cc(C(=O)NCC(=O)NC2CCCC2)c2ccccc2c1=O. The van der Waals surface area contributed by atoms with Gasteiger partial charge in [0.2, 0.25) is 5.91 Å². The van der Waals surface area contributed by atoms with Crippen molar-refractivity contribution >= 4 is 22.6 Å². The van der Waals surface area contributed by atoms with Gasteiger partial charge in [-0.1, -0.05) is 31.0 Å². The van der Waals surface area contributed by atoms with Gasteiger partial charge in [0.05, 0.1) is 12.1 Å². The smallest absolute Gasteiger partial charge is 0.258 e. The number of aromatic nitrogens is 1. The largest absolute Gasteiger partial charge is 0.352 e. The number of benzene rings is 1. The fourth-order valence-electron chi connectivity index (χ4n) is 3.20. The van der Waals surface area contributed by atoms with Crippen LogP contribution in [0.4, 0.5) is 0 Å². The van der Waals surface area contributed by atoms with Crippen molar-refractivity contribution in [3.8, 4) is 0 Å². The summed E-state index contributed by atoms with van der Waals surface area (Å²) >= 11 is 0. The molecular weight excluding hydrogens is 306 g/mol. The Balaban J connectivity index is 1.73. The zero-order valence-electron chi connectivity index (χ0n) is 13.7. The van der Waals surface area contributed by atoms with E-state index in [2.05, 4.69) is 10.6 Å². The molecule has 24 heavy (non-hydrogen) atoms. The van der Waals surface area contributed by atoms with Crippen molar-refractivity contribution in [2.75, 3.05) is 6.54 Å². The third kappa shape index (κ3) is 3.32. The zero-order valence-corrected chi connectivity index (χ0v) is 13.7. The monoisotopic (exact) mass is 327 g/mol. The first-order chi connectivity index (χ1) is 11.6. The Kier molecular flexibility index (Phi) is 4.64. The number of nitrogens with one attached hydrogen (secondary N) is 2. The van der Waals surface area contributed by atoms with Gasteiger partial charge in [0.25, 0.3) is 11.5 Å². The lowest BCUT2D eigenvalue weighted by atomic mass is 10.1. The summed E-state index contributed by atoms with van der Waals surface area (Å²) in [5.74, 6) is -0.534. The predicted molar refractivity (Wildman–Crippen MR) is 91.9 cm³/mol. The highest BCUT2D eigenvalue weighted by Gasteiger charge is 2.18. The maximum atomic E-state index is 12.5. The molecule has 0 saturated heterocycles. The van der Waals surface area contributed by atoms with Crippen LogP contribution in [-0.4, -0.2) is 29.0 Å². The van der Waals surface area contributed by atoms with Gasteiger partial charge >= 0.3 is 0 Å². The van der Waals surface area contributed by atoms with E-state index in [9.17, 15) is 14.4 Å². The minimum atomic E-state index is -0.358. The number of hydrogen-bond acceptors (Lipinski definition) is 3. The Bertz CT molecular complexity index is 835. The molecule has 1 fully saturated rings. The summed E-state index contributed by atoms with van der Waals surface area (Å²) in [5, 5.41) is 6.66. The molecule has 3 rings (SSSR count). The maximum Gasteiger partial charge on any atom is 0.258 e. The topological polar surface area (TPSA) is 80.2 Å². The van der Waals surface area contributed by atoms with Crippen molar-refractivity contribution in [3.63, 3.8) is 0 Å². The lowest BCUT2D eigenvalue weighted by Crippen LogP contribution is -2.41. The Labute approximate surface area is 139 Å². The van der Waals surface area contributed by atoms with Gasteiger partial charge in [-0.2, -0.15) is 0 Å². The van der Waals surface area contributed by atoms with Crippen molar-refractivity contribution in [2.45, 2.75) is 31.7 Å². The van der Waals surface area contributed by atoms with Crippen molar-refractivity contribution in [2.24, 2.45) is 7.05 Å². The van der Waals surface area contributed by atoms with Crippen molar-refractivity contribution in [1.82, 2.24) is 15.2 Å². The molecule has 0 radical (unpaired) electrons. The highest BCUT2D eigenvalue weighted by atomic mass is 16.2. The molecule has 1 aliphatic carbocycles. The predicted octanol–water partition coefficient (Wildman–Crippen LogP) is 1.33. The molecule has 0 atom stereocenters. The minimum absolute atomic E-state index is 0.0630. The van der Waals surface area contributed by atoms with Gasteiger partial charge in [-0.25, -0.2) is 0 Å². The molecule has 0 bridgehead atoms. The molecule has 0 aliphatic heterocycles. The van der Waals surface area contributed by atoms with Gasteiger partial charge in [0, 0.05) is 30.1 Å². The Hall–Kier alpha value is -2.63. The maximum absolute atomic E-state index is 12.5. The Morgan fingerprint density at radius 1 is 1.17 bits per heavy atom. The number of aryl methyl sites for hydroxylation is 1. The molecule has 0 unspecified atom stereocenters. The third-order valence-electron chi connectivity index (χ3n) is 4.47. The van der Waals surface area contributed by atoms with Crippen molar-refractivity contribution in [1.29, 1.82) is 0 Å². The van der Waals surface area contributed by atoms with Crippen LogP contribution >= 0.6 is 0 Å². The van der Waals surface area contributed by atoms with E-state index in [1.807, 2.05) is 0 Å². The molecule has 0 spiro atoms. The highest BCUT2D eigenvalue weighted by molar-refractivity contribution is 6.07. The van der Waals surface area contributed by atoms with Crippen LogP contribution in [0.2, 0.25) is 0 Å². The second kappa shape index (κ2) is 6.86. The van der Waals surface area contributed by atoms with Gasteiger partial charge in [0.1, 0.15) is 0 Å². The third-order valence-corrected chi connectivity index (χ3v) is 4.47. The summed E-state index contributed by atoms with van der Waals surface area (Å²) in [7, 11) is 1.61. The first kappa shape index (κ1) is 16.2. The average Bonchev–Trinajstić information content (AvgIpc) is 3.09. The molecule has 1 heterocycles. The minimum Gasteiger partial charge on any atom is -0.352 e. The molecular formula is C18H21N3O3. The Morgan fingerprint density at radius 3 is 2.54 bits per heavy atom. The number of rotatable bonds is 4. The van der Waals surface area contributed by atoms with Crippen LogP contribution in [0.3, 0.4) is 0 Å². The van der Waals surface area contributed by atoms with E-state index in [0.717, 1.165) is 25.7 Å². The number of carbonyl (C=O) groups excluding carboxylic acids is 2. The van der Waals surface area contributed by atoms with E-state index in [-0.39, 0.29) is 30.0 Å². The lowest BCUT2D eigenvalue weighted by molar-refractivity contribution is -0.120. The molecule has 6 nitrogen and oxygen atoms in total. The fraction of sp³-hybridized carbons (Fsp3) is 0.389. The molecule has 2 amide bonds. The number of pyridine rings is 1. The van der Waals surface area contributed by atoms with E-state index in [1.165, 1.54) is 10.8 Å². The summed E-state index contributed by atoms with van der Waals surface area (Å²) in [4.78, 5) is 36.5. The van der Waals surface area contributed by atoms with Gasteiger partial charge in [0.15, 0.2) is 0 Å². The summed E-state index contributed by atoms with van der Waals surface area (Å²) in [6.07, 6.45) is 5.80. The van der Waals surface area contributed by atoms with Gasteiger partial charge < -0.3 is 15.2 Å². The molecule has 126 valence electrons. The number of fused-ring (bicyclic) bond motifs is 1. The summed E-state index contributed by atoms with van der Waals surface area (Å²) < 4.78 is 1.38. The molecule has 2 aromatic rings. The highest BCUT2D eigenvalue weighted by Crippen LogP contribution is 2.17. The molecule has 2 N–H and O–H groups in total. The van der Waals surface area contributed by atoms with E-state index >= 15 is 0 Å². The van der Waals surface area contributed by atoms with Gasteiger partial charge in [-0.05, 0) is 18.9 Å². The molecule has 1 aromatic carbocycles. The van der Waals surface area contributed by atoms with Gasteiger partial charge in [-0.3, -0.25) is 14.4 Å². The van der Waals surface area contributed by atoms with Crippen LogP contribution in [0.15, 0.2) is 35.3 Å². The summed E-state index contributed by atoms with van der Waals surface area (Å²) in [6.45, 7) is -0.0630. The van der Waals surface area contributed by atoms with Gasteiger partial charge in [-0.15, -0.1) is 0 Å². The normalized spacial score (nSPS) is 14.7. The van der Waals surface area contributed by atoms with E-state index < -0.39 is 0 Å². The quantitative estimate of drug-likeness (QED) is 0.889. The average molecular weight is 327 g/mol. The zero-order chi connectivity index (χ0) is 17.1. The van der Waals surface area contributed by atoms with E-state index in [4.69, 9.17) is 0 Å². The molecule has 1 saturated carbocycles. The molecule has 1 aromatic heterocycles. The Morgan fingerprint density at radius 2 is 1.83 bits per heavy atom. The fourth-order valence-corrected chi connectivity index (χ4v) is 3.20. The van der Waals surface area contributed by atoms with Crippen molar-refractivity contribution in [3.05, 3.63) is 46.4 Å². The first-order valence-corrected chi connectivity index (χ1v) is 8.22. The van der Waals surface area contributed by atoms with Crippen molar-refractivity contribution < 1.29 is 9.59 Å². The van der Waals surface area contributed by atoms with Crippen LogP contribution in [0.25, 0.3) is 10.8 Å². The van der Waals surface area contributed by atoms with Crippen LogP contribution in [0.1, 0.15) is 36.0 Å². The number of nitrogens with zero attached hydrogens (tertiary/aromatic N) is 1. The molecule has 1 aliphatic rings. The van der Waals surface area contributed by atoms with Crippen LogP contribution in [0, 0.1) is 0 Å². The molecule has 6 heteroatoms.